The van der Waals surface area contributed by atoms with Crippen molar-refractivity contribution in [2.75, 3.05) is 7.05 Å². The highest BCUT2D eigenvalue weighted by atomic mass is 35.5. The van der Waals surface area contributed by atoms with Crippen molar-refractivity contribution >= 4 is 33.0 Å². The van der Waals surface area contributed by atoms with E-state index in [1.54, 1.807) is 7.05 Å². The van der Waals surface area contributed by atoms with Crippen molar-refractivity contribution < 1.29 is 8.42 Å². The lowest BCUT2D eigenvalue weighted by atomic mass is 9.87. The molecule has 0 atom stereocenters. The number of hydrogen-bond acceptors (Lipinski definition) is 4. The maximum Gasteiger partial charge on any atom is 0.254 e. The summed E-state index contributed by atoms with van der Waals surface area (Å²) in [5.41, 5.74) is 0. The minimum Gasteiger partial charge on any atom is -0.232 e. The summed E-state index contributed by atoms with van der Waals surface area (Å²) in [5, 5.41) is 0. The smallest absolute Gasteiger partial charge is 0.232 e. The lowest BCUT2D eigenvalue weighted by Crippen LogP contribution is -2.38. The van der Waals surface area contributed by atoms with Gasteiger partial charge in [0.25, 0.3) is 10.0 Å². The molecule has 1 aromatic heterocycles. The average Bonchev–Trinajstić information content (AvgIpc) is 2.76. The Bertz CT molecular complexity index is 507. The first-order chi connectivity index (χ1) is 8.41. The van der Waals surface area contributed by atoms with E-state index in [0.29, 0.717) is 5.92 Å². The van der Waals surface area contributed by atoms with Crippen LogP contribution in [0.5, 0.6) is 0 Å². The maximum atomic E-state index is 12.4. The van der Waals surface area contributed by atoms with Crippen LogP contribution in [0.3, 0.4) is 0 Å². The molecule has 1 heterocycles. The van der Waals surface area contributed by atoms with Crippen LogP contribution in [-0.2, 0) is 10.0 Å². The van der Waals surface area contributed by atoms with Gasteiger partial charge in [-0.2, -0.15) is 4.31 Å². The Morgan fingerprint density at radius 3 is 2.50 bits per heavy atom. The number of rotatable bonds is 3. The molecule has 0 saturated heterocycles. The Hall–Kier alpha value is -0.170. The standard InChI is InChI=1S/C11H17ClN2O2S2/c1-8-3-5-9(6-4-8)14(2)18(15,16)10-7-13-11(12)17-10/h7-9H,3-6H2,1-2H3. The van der Waals surface area contributed by atoms with Crippen molar-refractivity contribution in [1.29, 1.82) is 0 Å². The minimum absolute atomic E-state index is 0.104. The van der Waals surface area contributed by atoms with Crippen molar-refractivity contribution in [3.63, 3.8) is 0 Å². The summed E-state index contributed by atoms with van der Waals surface area (Å²) in [6, 6.07) is 0.104. The van der Waals surface area contributed by atoms with E-state index in [9.17, 15) is 8.42 Å². The first-order valence-corrected chi connectivity index (χ1v) is 8.64. The van der Waals surface area contributed by atoms with Crippen LogP contribution in [0.2, 0.25) is 4.47 Å². The molecule has 1 aromatic rings. The zero-order valence-corrected chi connectivity index (χ0v) is 12.9. The van der Waals surface area contributed by atoms with Crippen molar-refractivity contribution in [3.05, 3.63) is 10.7 Å². The fourth-order valence-corrected chi connectivity index (χ4v) is 5.20. The third-order valence-corrected chi connectivity index (χ3v) is 7.05. The average molecular weight is 309 g/mol. The number of nitrogens with zero attached hydrogens (tertiary/aromatic N) is 2. The molecule has 1 fully saturated rings. The third kappa shape index (κ3) is 2.87. The van der Waals surface area contributed by atoms with Gasteiger partial charge in [-0.05, 0) is 31.6 Å². The molecule has 0 amide bonds. The molecular formula is C11H17ClN2O2S2. The van der Waals surface area contributed by atoms with E-state index in [2.05, 4.69) is 11.9 Å². The van der Waals surface area contributed by atoms with Crippen LogP contribution >= 0.6 is 22.9 Å². The third-order valence-electron chi connectivity index (χ3n) is 3.59. The Morgan fingerprint density at radius 2 is 2.00 bits per heavy atom. The summed E-state index contributed by atoms with van der Waals surface area (Å²) in [6.45, 7) is 2.22. The maximum absolute atomic E-state index is 12.4. The highest BCUT2D eigenvalue weighted by Crippen LogP contribution is 2.31. The predicted octanol–water partition coefficient (Wildman–Crippen LogP) is 3.00. The van der Waals surface area contributed by atoms with Gasteiger partial charge in [0.1, 0.15) is 0 Å². The molecule has 0 bridgehead atoms. The van der Waals surface area contributed by atoms with E-state index in [-0.39, 0.29) is 14.7 Å². The predicted molar refractivity (Wildman–Crippen MR) is 73.5 cm³/mol. The Labute approximate surface area is 117 Å². The molecule has 4 nitrogen and oxygen atoms in total. The van der Waals surface area contributed by atoms with Gasteiger partial charge in [0.2, 0.25) is 0 Å². The van der Waals surface area contributed by atoms with Gasteiger partial charge in [-0.15, -0.1) is 0 Å². The van der Waals surface area contributed by atoms with Crippen LogP contribution in [-0.4, -0.2) is 30.8 Å². The lowest BCUT2D eigenvalue weighted by Gasteiger charge is -2.32. The van der Waals surface area contributed by atoms with Gasteiger partial charge in [-0.1, -0.05) is 29.9 Å². The Kier molecular flexibility index (Phi) is 4.31. The van der Waals surface area contributed by atoms with Crippen molar-refractivity contribution in [3.8, 4) is 0 Å². The molecule has 0 aliphatic heterocycles. The first kappa shape index (κ1) is 14.2. The van der Waals surface area contributed by atoms with E-state index in [1.807, 2.05) is 0 Å². The van der Waals surface area contributed by atoms with Crippen LogP contribution in [0.15, 0.2) is 10.4 Å². The van der Waals surface area contributed by atoms with Gasteiger partial charge in [0.15, 0.2) is 8.68 Å². The molecule has 0 aromatic carbocycles. The number of thiazole rings is 1. The van der Waals surface area contributed by atoms with Crippen molar-refractivity contribution in [2.45, 2.75) is 42.9 Å². The minimum atomic E-state index is -3.43. The SMILES string of the molecule is CC1CCC(N(C)S(=O)(=O)c2cnc(Cl)s2)CC1. The lowest BCUT2D eigenvalue weighted by molar-refractivity contribution is 0.246. The molecule has 1 aliphatic rings. The molecule has 2 rings (SSSR count). The van der Waals surface area contributed by atoms with Gasteiger partial charge < -0.3 is 0 Å². The van der Waals surface area contributed by atoms with Crippen LogP contribution in [0.25, 0.3) is 0 Å². The molecule has 1 aliphatic carbocycles. The second-order valence-corrected chi connectivity index (χ2v) is 8.70. The van der Waals surface area contributed by atoms with Crippen molar-refractivity contribution in [1.82, 2.24) is 9.29 Å². The van der Waals surface area contributed by atoms with Crippen LogP contribution in [0.1, 0.15) is 32.6 Å². The fourth-order valence-electron chi connectivity index (χ4n) is 2.30. The Balaban J connectivity index is 2.15. The zero-order valence-electron chi connectivity index (χ0n) is 10.5. The highest BCUT2D eigenvalue weighted by Gasteiger charge is 2.31. The monoisotopic (exact) mass is 308 g/mol. The summed E-state index contributed by atoms with van der Waals surface area (Å²) < 4.78 is 26.7. The van der Waals surface area contributed by atoms with E-state index >= 15 is 0 Å². The molecule has 102 valence electrons. The first-order valence-electron chi connectivity index (χ1n) is 6.00. The van der Waals surface area contributed by atoms with Gasteiger partial charge in [-0.3, -0.25) is 0 Å². The van der Waals surface area contributed by atoms with E-state index < -0.39 is 10.0 Å². The quantitative estimate of drug-likeness (QED) is 0.862. The second-order valence-electron chi connectivity index (χ2n) is 4.87. The number of aromatic nitrogens is 1. The largest absolute Gasteiger partial charge is 0.254 e. The molecular weight excluding hydrogens is 292 g/mol. The molecule has 18 heavy (non-hydrogen) atoms. The summed E-state index contributed by atoms with van der Waals surface area (Å²) in [4.78, 5) is 3.80. The van der Waals surface area contributed by atoms with Crippen LogP contribution in [0.4, 0.5) is 0 Å². The Morgan fingerprint density at radius 1 is 1.39 bits per heavy atom. The van der Waals surface area contributed by atoms with E-state index in [0.717, 1.165) is 37.0 Å². The second kappa shape index (κ2) is 5.45. The van der Waals surface area contributed by atoms with Gasteiger partial charge in [0, 0.05) is 13.1 Å². The van der Waals surface area contributed by atoms with E-state index in [1.165, 1.54) is 10.5 Å². The van der Waals surface area contributed by atoms with Crippen LogP contribution in [0, 0.1) is 5.92 Å². The van der Waals surface area contributed by atoms with Crippen molar-refractivity contribution in [2.24, 2.45) is 5.92 Å². The highest BCUT2D eigenvalue weighted by molar-refractivity contribution is 7.91. The number of sulfonamides is 1. The summed E-state index contributed by atoms with van der Waals surface area (Å²) in [5.74, 6) is 0.704. The summed E-state index contributed by atoms with van der Waals surface area (Å²) >= 11 is 6.71. The molecule has 0 N–H and O–H groups in total. The number of halogens is 1. The summed E-state index contributed by atoms with van der Waals surface area (Å²) in [7, 11) is -1.77. The summed E-state index contributed by atoms with van der Waals surface area (Å²) in [6.07, 6.45) is 5.39. The van der Waals surface area contributed by atoms with E-state index in [4.69, 9.17) is 11.6 Å². The fraction of sp³-hybridized carbons (Fsp3) is 0.727. The topological polar surface area (TPSA) is 50.3 Å². The normalized spacial score (nSPS) is 25.6. The molecule has 7 heteroatoms. The molecule has 1 saturated carbocycles. The van der Waals surface area contributed by atoms with Gasteiger partial charge >= 0.3 is 0 Å². The molecule has 0 radical (unpaired) electrons. The van der Waals surface area contributed by atoms with Gasteiger partial charge in [-0.25, -0.2) is 13.4 Å². The van der Waals surface area contributed by atoms with Gasteiger partial charge in [0.05, 0.1) is 6.20 Å². The zero-order chi connectivity index (χ0) is 13.3. The number of hydrogen-bond donors (Lipinski definition) is 0. The van der Waals surface area contributed by atoms with Crippen LogP contribution < -0.4 is 0 Å². The molecule has 0 unspecified atom stereocenters. The molecule has 0 spiro atoms.